The van der Waals surface area contributed by atoms with Crippen LogP contribution in [0.15, 0.2) is 30.3 Å². The van der Waals surface area contributed by atoms with E-state index in [0.29, 0.717) is 28.6 Å². The van der Waals surface area contributed by atoms with Gasteiger partial charge in [0.1, 0.15) is 0 Å². The van der Waals surface area contributed by atoms with Crippen molar-refractivity contribution in [2.24, 2.45) is 0 Å². The monoisotopic (exact) mass is 376 g/mol. The molecule has 1 unspecified atom stereocenters. The minimum Gasteiger partial charge on any atom is -0.452 e. The van der Waals surface area contributed by atoms with Crippen LogP contribution in [0.3, 0.4) is 0 Å². The number of carbonyl (C=O) groups excluding carboxylic acids is 2. The molecule has 0 saturated carbocycles. The van der Waals surface area contributed by atoms with Gasteiger partial charge in [-0.2, -0.15) is 0 Å². The largest absolute Gasteiger partial charge is 0.452 e. The van der Waals surface area contributed by atoms with Gasteiger partial charge in [-0.05, 0) is 25.5 Å². The molecule has 1 aliphatic heterocycles. The van der Waals surface area contributed by atoms with Crippen LogP contribution >= 0.6 is 0 Å². The maximum Gasteiger partial charge on any atom is 0.339 e. The summed E-state index contributed by atoms with van der Waals surface area (Å²) in [5.74, 6) is -0.989. The number of fused-ring (bicyclic) bond motifs is 1. The first-order valence-corrected chi connectivity index (χ1v) is 10.1. The van der Waals surface area contributed by atoms with E-state index < -0.39 is 28.3 Å². The third-order valence-corrected chi connectivity index (χ3v) is 6.29. The maximum absolute atomic E-state index is 12.4. The van der Waals surface area contributed by atoms with Gasteiger partial charge in [0.2, 0.25) is 0 Å². The highest BCUT2D eigenvalue weighted by Gasteiger charge is 2.33. The minimum atomic E-state index is -3.09. The number of carbonyl (C=O) groups is 2. The molecule has 0 bridgehead atoms. The second-order valence-corrected chi connectivity index (χ2v) is 8.69. The molecule has 3 rings (SSSR count). The van der Waals surface area contributed by atoms with Gasteiger partial charge < -0.3 is 9.64 Å². The summed E-state index contributed by atoms with van der Waals surface area (Å²) in [6.45, 7) is 1.35. The number of sulfone groups is 1. The van der Waals surface area contributed by atoms with Crippen molar-refractivity contribution in [2.45, 2.75) is 19.4 Å². The van der Waals surface area contributed by atoms with Gasteiger partial charge in [0.15, 0.2) is 16.4 Å². The molecule has 7 nitrogen and oxygen atoms in total. The smallest absolute Gasteiger partial charge is 0.339 e. The van der Waals surface area contributed by atoms with Gasteiger partial charge in [-0.1, -0.05) is 18.2 Å². The summed E-state index contributed by atoms with van der Waals surface area (Å²) in [5.41, 5.74) is 1.71. The standard InChI is InChI=1S/C18H20N2O5S/c1-12-9-15(14-5-3-4-6-16(14)19-12)18(22)25-10-17(21)20(2)13-7-8-26(23,24)11-13/h3-6,9,13H,7-8,10-11H2,1-2H3. The molecule has 1 aromatic heterocycles. The van der Waals surface area contributed by atoms with E-state index in [1.165, 1.54) is 11.9 Å². The Kier molecular flexibility index (Phi) is 4.95. The Labute approximate surface area is 151 Å². The topological polar surface area (TPSA) is 93.6 Å². The molecule has 0 aliphatic carbocycles. The lowest BCUT2D eigenvalue weighted by Gasteiger charge is -2.23. The van der Waals surface area contributed by atoms with E-state index >= 15 is 0 Å². The number of ether oxygens (including phenoxy) is 1. The molecule has 1 aromatic carbocycles. The first kappa shape index (κ1) is 18.3. The molecule has 8 heteroatoms. The van der Waals surface area contributed by atoms with E-state index in [-0.39, 0.29) is 17.5 Å². The number of pyridine rings is 1. The number of aromatic nitrogens is 1. The van der Waals surface area contributed by atoms with Gasteiger partial charge in [-0.3, -0.25) is 9.78 Å². The van der Waals surface area contributed by atoms with Crippen molar-refractivity contribution >= 4 is 32.6 Å². The number of amides is 1. The van der Waals surface area contributed by atoms with Crippen LogP contribution in [0.1, 0.15) is 22.5 Å². The molecule has 1 atom stereocenters. The number of aryl methyl sites for hydroxylation is 1. The molecular weight excluding hydrogens is 356 g/mol. The highest BCUT2D eigenvalue weighted by Crippen LogP contribution is 2.20. The summed E-state index contributed by atoms with van der Waals surface area (Å²) in [6, 6.07) is 8.47. The summed E-state index contributed by atoms with van der Waals surface area (Å²) >= 11 is 0. The Hall–Kier alpha value is -2.48. The molecule has 2 aromatic rings. The van der Waals surface area contributed by atoms with Crippen LogP contribution in [0.5, 0.6) is 0 Å². The second-order valence-electron chi connectivity index (χ2n) is 6.47. The maximum atomic E-state index is 12.4. The third kappa shape index (κ3) is 3.85. The molecule has 1 fully saturated rings. The average Bonchev–Trinajstić information content (AvgIpc) is 2.97. The fourth-order valence-electron chi connectivity index (χ4n) is 3.07. The quantitative estimate of drug-likeness (QED) is 0.748. The fraction of sp³-hybridized carbons (Fsp3) is 0.389. The van der Waals surface area contributed by atoms with Crippen LogP contribution < -0.4 is 0 Å². The molecule has 1 amide bonds. The van der Waals surface area contributed by atoms with Gasteiger partial charge >= 0.3 is 5.97 Å². The normalized spacial score (nSPS) is 18.6. The summed E-state index contributed by atoms with van der Waals surface area (Å²) < 4.78 is 28.3. The van der Waals surface area contributed by atoms with E-state index in [1.807, 2.05) is 6.07 Å². The minimum absolute atomic E-state index is 0.0443. The van der Waals surface area contributed by atoms with Crippen molar-refractivity contribution in [2.75, 3.05) is 25.2 Å². The van der Waals surface area contributed by atoms with Crippen molar-refractivity contribution in [1.82, 2.24) is 9.88 Å². The van der Waals surface area contributed by atoms with Crippen molar-refractivity contribution < 1.29 is 22.7 Å². The molecule has 2 heterocycles. The molecule has 138 valence electrons. The molecule has 1 aliphatic rings. The third-order valence-electron chi connectivity index (χ3n) is 4.54. The number of para-hydroxylation sites is 1. The second kappa shape index (κ2) is 7.03. The molecule has 0 N–H and O–H groups in total. The Bertz CT molecular complexity index is 971. The van der Waals surface area contributed by atoms with Crippen molar-refractivity contribution in [3.05, 3.63) is 41.6 Å². The Morgan fingerprint density at radius 1 is 1.31 bits per heavy atom. The highest BCUT2D eigenvalue weighted by molar-refractivity contribution is 7.91. The molecule has 0 radical (unpaired) electrons. The van der Waals surface area contributed by atoms with Gasteiger partial charge in [0.05, 0.1) is 22.6 Å². The molecule has 26 heavy (non-hydrogen) atoms. The van der Waals surface area contributed by atoms with Crippen molar-refractivity contribution in [1.29, 1.82) is 0 Å². The van der Waals surface area contributed by atoms with Crippen molar-refractivity contribution in [3.8, 4) is 0 Å². The molecular formula is C18H20N2O5S. The lowest BCUT2D eigenvalue weighted by Crippen LogP contribution is -2.40. The summed E-state index contributed by atoms with van der Waals surface area (Å²) in [4.78, 5) is 30.4. The van der Waals surface area contributed by atoms with Gasteiger partial charge in [-0.15, -0.1) is 0 Å². The molecule has 1 saturated heterocycles. The van der Waals surface area contributed by atoms with Crippen LogP contribution in [0.4, 0.5) is 0 Å². The SMILES string of the molecule is Cc1cc(C(=O)OCC(=O)N(C)C2CCS(=O)(=O)C2)c2ccccc2n1. The number of benzene rings is 1. The van der Waals surface area contributed by atoms with Crippen LogP contribution in [0.2, 0.25) is 0 Å². The lowest BCUT2D eigenvalue weighted by atomic mass is 10.1. The Morgan fingerprint density at radius 2 is 2.04 bits per heavy atom. The predicted octanol–water partition coefficient (Wildman–Crippen LogP) is 1.35. The van der Waals surface area contributed by atoms with E-state index in [4.69, 9.17) is 4.74 Å². The first-order valence-electron chi connectivity index (χ1n) is 8.26. The number of hydrogen-bond acceptors (Lipinski definition) is 6. The van der Waals surface area contributed by atoms with Gasteiger partial charge in [0, 0.05) is 24.2 Å². The number of rotatable bonds is 4. The number of likely N-dealkylation sites (N-methyl/N-ethyl adjacent to an activating group) is 1. The summed E-state index contributed by atoms with van der Waals surface area (Å²) in [7, 11) is -1.55. The van der Waals surface area contributed by atoms with Crippen molar-refractivity contribution in [3.63, 3.8) is 0 Å². The van der Waals surface area contributed by atoms with Crippen LogP contribution in [0.25, 0.3) is 10.9 Å². The van der Waals surface area contributed by atoms with E-state index in [0.717, 1.165) is 0 Å². The number of hydrogen-bond donors (Lipinski definition) is 0. The zero-order chi connectivity index (χ0) is 18.9. The predicted molar refractivity (Wildman–Crippen MR) is 96.6 cm³/mol. The number of esters is 1. The zero-order valence-electron chi connectivity index (χ0n) is 14.6. The van der Waals surface area contributed by atoms with Crippen LogP contribution in [-0.4, -0.2) is 61.4 Å². The van der Waals surface area contributed by atoms with Crippen LogP contribution in [0, 0.1) is 6.92 Å². The zero-order valence-corrected chi connectivity index (χ0v) is 15.5. The fourth-order valence-corrected chi connectivity index (χ4v) is 4.84. The summed E-state index contributed by atoms with van der Waals surface area (Å²) in [6.07, 6.45) is 0.409. The lowest BCUT2D eigenvalue weighted by molar-refractivity contribution is -0.134. The highest BCUT2D eigenvalue weighted by atomic mass is 32.2. The van der Waals surface area contributed by atoms with E-state index in [2.05, 4.69) is 4.98 Å². The van der Waals surface area contributed by atoms with Crippen LogP contribution in [-0.2, 0) is 19.4 Å². The van der Waals surface area contributed by atoms with E-state index in [9.17, 15) is 18.0 Å². The number of nitrogens with zero attached hydrogens (tertiary/aromatic N) is 2. The summed E-state index contributed by atoms with van der Waals surface area (Å²) in [5, 5.41) is 0.658. The Morgan fingerprint density at radius 3 is 2.73 bits per heavy atom. The van der Waals surface area contributed by atoms with Gasteiger partial charge in [0.25, 0.3) is 5.91 Å². The average molecular weight is 376 g/mol. The first-order chi connectivity index (χ1) is 12.3. The molecule has 0 spiro atoms. The van der Waals surface area contributed by atoms with E-state index in [1.54, 1.807) is 31.2 Å². The van der Waals surface area contributed by atoms with Gasteiger partial charge in [-0.25, -0.2) is 13.2 Å². The Balaban J connectivity index is 1.68.